The number of nitrogens with zero attached hydrogens (tertiary/aromatic N) is 6. The third kappa shape index (κ3) is 7.73. The molecule has 0 saturated heterocycles. The molecule has 0 aliphatic carbocycles. The van der Waals surface area contributed by atoms with Crippen molar-refractivity contribution in [3.05, 3.63) is 266 Å². The maximum absolute atomic E-state index is 9.91. The molecule has 0 spiro atoms. The van der Waals surface area contributed by atoms with Gasteiger partial charge in [0.05, 0.1) is 40.0 Å². The maximum Gasteiger partial charge on any atom is 0.179 e. The molecule has 0 aliphatic rings. The van der Waals surface area contributed by atoms with E-state index in [1.54, 1.807) is 6.07 Å². The van der Waals surface area contributed by atoms with Crippen LogP contribution in [0.4, 0.5) is 0 Å². The molecular weight excluding hydrogens is 893 g/mol. The first-order valence-electron chi connectivity index (χ1n) is 23.9. The van der Waals surface area contributed by atoms with Gasteiger partial charge in [-0.2, -0.15) is 10.5 Å². The molecule has 0 aliphatic heterocycles. The predicted octanol–water partition coefficient (Wildman–Crippen LogP) is 12.4. The summed E-state index contributed by atoms with van der Waals surface area (Å²) in [5, 5.41) is 27.1. The van der Waals surface area contributed by atoms with E-state index in [9.17, 15) is 10.5 Å². The summed E-state index contributed by atoms with van der Waals surface area (Å²) in [6.07, 6.45) is 0. The van der Waals surface area contributed by atoms with E-state index in [1.807, 2.05) is 72.8 Å². The smallest absolute Gasteiger partial charge is 0.179 e. The molecule has 2 heterocycles. The van der Waals surface area contributed by atoms with Crippen molar-refractivity contribution in [3.8, 4) is 74.2 Å². The first-order chi connectivity index (χ1) is 35.6. The van der Waals surface area contributed by atoms with Crippen molar-refractivity contribution in [2.24, 2.45) is 0 Å². The van der Waals surface area contributed by atoms with Crippen LogP contribution >= 0.6 is 0 Å². The predicted molar refractivity (Wildman–Crippen MR) is 294 cm³/mol. The second-order valence-corrected chi connectivity index (χ2v) is 21.6. The molecule has 72 heavy (non-hydrogen) atoms. The second kappa shape index (κ2) is 18.6. The lowest BCUT2D eigenvalue weighted by Crippen LogP contribution is -2.74. The molecule has 10 aromatic carbocycles. The van der Waals surface area contributed by atoms with Crippen LogP contribution in [-0.4, -0.2) is 27.6 Å². The van der Waals surface area contributed by atoms with Crippen LogP contribution in [0.3, 0.4) is 0 Å². The highest BCUT2D eigenvalue weighted by atomic mass is 28.3. The molecule has 0 atom stereocenters. The van der Waals surface area contributed by atoms with Gasteiger partial charge >= 0.3 is 0 Å². The van der Waals surface area contributed by atoms with Gasteiger partial charge in [0.1, 0.15) is 0 Å². The van der Waals surface area contributed by atoms with Crippen LogP contribution in [0, 0.1) is 22.7 Å². The molecule has 12 rings (SSSR count). The van der Waals surface area contributed by atoms with Crippen molar-refractivity contribution >= 4 is 50.6 Å². The van der Waals surface area contributed by atoms with E-state index in [0.29, 0.717) is 28.6 Å². The highest BCUT2D eigenvalue weighted by Crippen LogP contribution is 2.40. The van der Waals surface area contributed by atoms with Crippen molar-refractivity contribution < 1.29 is 0 Å². The van der Waals surface area contributed by atoms with Crippen molar-refractivity contribution in [2.75, 3.05) is 0 Å². The van der Waals surface area contributed by atoms with Crippen LogP contribution in [0.5, 0.6) is 0 Å². The van der Waals surface area contributed by atoms with Crippen molar-refractivity contribution in [3.63, 3.8) is 0 Å². The number of fused-ring (bicyclic) bond motifs is 3. The molecule has 6 nitrogen and oxygen atoms in total. The lowest BCUT2D eigenvalue weighted by atomic mass is 9.98. The van der Waals surface area contributed by atoms with Crippen LogP contribution in [-0.2, 0) is 0 Å². The largest absolute Gasteiger partial charge is 0.309 e. The second-order valence-electron chi connectivity index (χ2n) is 17.8. The minimum Gasteiger partial charge on any atom is -0.309 e. The van der Waals surface area contributed by atoms with Crippen LogP contribution in [0.1, 0.15) is 11.1 Å². The normalized spacial score (nSPS) is 11.3. The van der Waals surface area contributed by atoms with Gasteiger partial charge in [0.2, 0.25) is 0 Å². The topological polar surface area (TPSA) is 91.2 Å². The summed E-state index contributed by atoms with van der Waals surface area (Å²) < 4.78 is 2.36. The summed E-state index contributed by atoms with van der Waals surface area (Å²) in [4.78, 5) is 15.4. The van der Waals surface area contributed by atoms with E-state index in [4.69, 9.17) is 15.0 Å². The molecule has 0 radical (unpaired) electrons. The molecule has 0 saturated carbocycles. The van der Waals surface area contributed by atoms with Gasteiger partial charge in [0.15, 0.2) is 25.5 Å². The zero-order chi connectivity index (χ0) is 48.4. The van der Waals surface area contributed by atoms with Crippen LogP contribution < -0.4 is 20.7 Å². The Kier molecular flexibility index (Phi) is 11.2. The molecule has 0 fully saturated rings. The highest BCUT2D eigenvalue weighted by molar-refractivity contribution is 7.19. The number of hydrogen-bond acceptors (Lipinski definition) is 5. The zero-order valence-electron chi connectivity index (χ0n) is 38.9. The summed E-state index contributed by atoms with van der Waals surface area (Å²) in [5.41, 5.74) is 10.3. The van der Waals surface area contributed by atoms with E-state index in [2.05, 4.69) is 193 Å². The molecule has 2 aromatic heterocycles. The maximum atomic E-state index is 9.91. The quantitative estimate of drug-likeness (QED) is 0.101. The average molecular weight is 935 g/mol. The number of hydrogen-bond donors (Lipinski definition) is 0. The van der Waals surface area contributed by atoms with Gasteiger partial charge in [-0.05, 0) is 79.9 Å². The standard InChI is InChI=1S/C65H42N6Si/c66-43-45-37-46(44-67)39-52(38-45)49-34-36-61-59(41-49)58-31-16-17-32-60(58)71(61)62-42-51(65-69-63(47-19-6-1-7-20-47)68-64(70-65)48-21-8-2-9-22-48)33-35-57(62)50-23-18-30-56(40-50)72(53-24-10-3-11-25-53,54-26-12-4-13-27-54)55-28-14-5-15-29-55/h1-42H. The monoisotopic (exact) mass is 934 g/mol. The molecule has 0 N–H and O–H groups in total. The van der Waals surface area contributed by atoms with Crippen LogP contribution in [0.15, 0.2) is 255 Å². The highest BCUT2D eigenvalue weighted by Gasteiger charge is 2.41. The molecule has 7 heteroatoms. The summed E-state index contributed by atoms with van der Waals surface area (Å²) in [6, 6.07) is 93.7. The number of nitriles is 2. The summed E-state index contributed by atoms with van der Waals surface area (Å²) >= 11 is 0. The van der Waals surface area contributed by atoms with E-state index >= 15 is 0 Å². The summed E-state index contributed by atoms with van der Waals surface area (Å²) in [7, 11) is -2.90. The van der Waals surface area contributed by atoms with E-state index in [-0.39, 0.29) is 0 Å². The Morgan fingerprint density at radius 3 is 1.33 bits per heavy atom. The molecule has 0 unspecified atom stereocenters. The molecule has 0 amide bonds. The number of para-hydroxylation sites is 1. The summed E-state index contributed by atoms with van der Waals surface area (Å²) in [6.45, 7) is 0. The zero-order valence-corrected chi connectivity index (χ0v) is 39.9. The fourth-order valence-electron chi connectivity index (χ4n) is 10.4. The van der Waals surface area contributed by atoms with Gasteiger partial charge in [0.25, 0.3) is 0 Å². The number of benzene rings is 10. The molecule has 0 bridgehead atoms. The molecule has 12 aromatic rings. The summed E-state index contributed by atoms with van der Waals surface area (Å²) in [5.74, 6) is 1.74. The number of aromatic nitrogens is 4. The van der Waals surface area contributed by atoms with E-state index in [1.165, 1.54) is 20.7 Å². The van der Waals surface area contributed by atoms with Gasteiger partial charge in [-0.3, -0.25) is 0 Å². The lowest BCUT2D eigenvalue weighted by Gasteiger charge is -2.34. The third-order valence-corrected chi connectivity index (χ3v) is 18.4. The van der Waals surface area contributed by atoms with Gasteiger partial charge in [-0.15, -0.1) is 0 Å². The fraction of sp³-hybridized carbons (Fsp3) is 0. The Balaban J connectivity index is 1.14. The van der Waals surface area contributed by atoms with E-state index in [0.717, 1.165) is 66.4 Å². The van der Waals surface area contributed by atoms with Crippen molar-refractivity contribution in [1.29, 1.82) is 10.5 Å². The van der Waals surface area contributed by atoms with Crippen LogP contribution in [0.2, 0.25) is 0 Å². The number of rotatable bonds is 10. The van der Waals surface area contributed by atoms with Gasteiger partial charge < -0.3 is 4.57 Å². The van der Waals surface area contributed by atoms with E-state index < -0.39 is 8.07 Å². The first-order valence-corrected chi connectivity index (χ1v) is 25.9. The Hall–Kier alpha value is -9.79. The minimum absolute atomic E-state index is 0.443. The Morgan fingerprint density at radius 1 is 0.319 bits per heavy atom. The Bertz CT molecular complexity index is 3860. The van der Waals surface area contributed by atoms with Gasteiger partial charge in [0, 0.05) is 33.0 Å². The average Bonchev–Trinajstić information content (AvgIpc) is 3.80. The molecular formula is C65H42N6Si. The van der Waals surface area contributed by atoms with Gasteiger partial charge in [-0.25, -0.2) is 15.0 Å². The van der Waals surface area contributed by atoms with Crippen molar-refractivity contribution in [2.45, 2.75) is 0 Å². The SMILES string of the molecule is N#Cc1cc(C#N)cc(-c2ccc3c(c2)c2ccccc2n3-c2cc(-c3nc(-c4ccccc4)nc(-c4ccccc4)n3)ccc2-c2cccc([Si](c3ccccc3)(c3ccccc3)c3ccccc3)c2)c1. The lowest BCUT2D eigenvalue weighted by molar-refractivity contribution is 1.07. The minimum atomic E-state index is -2.90. The third-order valence-electron chi connectivity index (χ3n) is 13.6. The fourth-order valence-corrected chi connectivity index (χ4v) is 15.2. The van der Waals surface area contributed by atoms with Crippen LogP contribution in [0.25, 0.3) is 83.9 Å². The Labute approximate surface area is 418 Å². The van der Waals surface area contributed by atoms with Crippen molar-refractivity contribution in [1.82, 2.24) is 19.5 Å². The molecule has 336 valence electrons. The Morgan fingerprint density at radius 2 is 0.778 bits per heavy atom. The first kappa shape index (κ1) is 43.5. The van der Waals surface area contributed by atoms with Gasteiger partial charge in [-0.1, -0.05) is 212 Å².